The third-order valence-electron chi connectivity index (χ3n) is 7.19. The number of aliphatic hydroxyl groups excluding tert-OH is 2. The summed E-state index contributed by atoms with van der Waals surface area (Å²) in [5.41, 5.74) is 0.337. The second kappa shape index (κ2) is 13.8. The van der Waals surface area contributed by atoms with E-state index in [1.54, 1.807) is 18.4 Å². The summed E-state index contributed by atoms with van der Waals surface area (Å²) in [4.78, 5) is 10.5. The van der Waals surface area contributed by atoms with Gasteiger partial charge < -0.3 is 19.9 Å². The molecule has 4 rings (SSSR count). The summed E-state index contributed by atoms with van der Waals surface area (Å²) in [6.45, 7) is 3.25. The van der Waals surface area contributed by atoms with Gasteiger partial charge in [-0.2, -0.15) is 8.42 Å². The molecule has 0 saturated heterocycles. The van der Waals surface area contributed by atoms with Gasteiger partial charge in [-0.1, -0.05) is 35.0 Å². The molecule has 8 nitrogen and oxygen atoms in total. The summed E-state index contributed by atoms with van der Waals surface area (Å²) in [6.07, 6.45) is -3.52. The minimum absolute atomic E-state index is 0.0181. The topological polar surface area (TPSA) is 120 Å². The summed E-state index contributed by atoms with van der Waals surface area (Å²) in [5.74, 6) is -3.75. The Labute approximate surface area is 257 Å². The Bertz CT molecular complexity index is 1740. The number of hydrogen-bond donors (Lipinski definition) is 3. The number of carboxylic acids is 1. The van der Waals surface area contributed by atoms with E-state index in [2.05, 4.69) is 0 Å². The van der Waals surface area contributed by atoms with Crippen molar-refractivity contribution >= 4 is 21.7 Å². The zero-order valence-corrected chi connectivity index (χ0v) is 25.2. The van der Waals surface area contributed by atoms with E-state index in [4.69, 9.17) is 5.11 Å². The lowest BCUT2D eigenvalue weighted by atomic mass is 10.00. The molecule has 0 amide bonds. The van der Waals surface area contributed by atoms with Crippen molar-refractivity contribution in [1.82, 2.24) is 4.57 Å². The smallest absolute Gasteiger partial charge is 0.305 e. The molecule has 0 aliphatic heterocycles. The maximum Gasteiger partial charge on any atom is 0.305 e. The van der Waals surface area contributed by atoms with Crippen molar-refractivity contribution in [3.05, 3.63) is 95.9 Å². The van der Waals surface area contributed by atoms with Crippen LogP contribution < -0.4 is 4.53 Å². The van der Waals surface area contributed by atoms with Crippen molar-refractivity contribution < 1.29 is 46.2 Å². The van der Waals surface area contributed by atoms with Gasteiger partial charge in [0.15, 0.2) is 0 Å². The van der Waals surface area contributed by atoms with Gasteiger partial charge in [0.05, 0.1) is 30.0 Å². The Kier molecular flexibility index (Phi) is 10.4. The fourth-order valence-electron chi connectivity index (χ4n) is 5.25. The third-order valence-corrected chi connectivity index (χ3v) is 8.76. The molecule has 0 saturated carbocycles. The molecule has 240 valence electrons. The molecule has 2 atom stereocenters. The lowest BCUT2D eigenvalue weighted by Crippen LogP contribution is -2.25. The van der Waals surface area contributed by atoms with E-state index in [1.165, 1.54) is 24.3 Å². The predicted molar refractivity (Wildman–Crippen MR) is 160 cm³/mol. The highest BCUT2D eigenvalue weighted by atomic mass is 32.2. The number of rotatable bonds is 13. The molecule has 0 bridgehead atoms. The van der Waals surface area contributed by atoms with E-state index in [0.717, 1.165) is 48.5 Å². The molecule has 0 unspecified atom stereocenters. The number of hydrogen-bond acceptors (Lipinski definition) is 5. The lowest BCUT2D eigenvalue weighted by molar-refractivity contribution is -0.139. The molecule has 45 heavy (non-hydrogen) atoms. The van der Waals surface area contributed by atoms with E-state index in [0.29, 0.717) is 5.56 Å². The SMILES string of the molecule is CC(C)c1c(S(=O)(=O)N(F)c2ccc(F)cc2)c(-c2ccc(F)cc2)c(-c2ccc(F)cc2)n1CC[C@@H](O)C[C@@H](O)CC(=O)O. The van der Waals surface area contributed by atoms with E-state index in [1.807, 2.05) is 0 Å². The number of halogens is 4. The highest BCUT2D eigenvalue weighted by Crippen LogP contribution is 2.46. The minimum Gasteiger partial charge on any atom is -0.481 e. The summed E-state index contributed by atoms with van der Waals surface area (Å²) in [5, 5.41) is 29.7. The van der Waals surface area contributed by atoms with E-state index in [9.17, 15) is 36.6 Å². The van der Waals surface area contributed by atoms with E-state index in [-0.39, 0.29) is 41.9 Å². The van der Waals surface area contributed by atoms with E-state index >= 15 is 4.48 Å². The Balaban J connectivity index is 2.00. The first kappa shape index (κ1) is 33.7. The van der Waals surface area contributed by atoms with Crippen LogP contribution in [0.4, 0.5) is 23.3 Å². The van der Waals surface area contributed by atoms with E-state index < -0.39 is 73.1 Å². The molecule has 0 aliphatic carbocycles. The van der Waals surface area contributed by atoms with Crippen molar-refractivity contribution in [2.24, 2.45) is 0 Å². The number of sulfonamides is 1. The minimum atomic E-state index is -5.07. The van der Waals surface area contributed by atoms with Gasteiger partial charge in [0.1, 0.15) is 22.3 Å². The van der Waals surface area contributed by atoms with Crippen molar-refractivity contribution in [2.45, 2.75) is 62.7 Å². The first-order chi connectivity index (χ1) is 21.2. The van der Waals surface area contributed by atoms with Gasteiger partial charge in [0.2, 0.25) is 0 Å². The molecule has 0 fully saturated rings. The van der Waals surface area contributed by atoms with Crippen LogP contribution in [0.5, 0.6) is 0 Å². The Hall–Kier alpha value is -4.20. The van der Waals surface area contributed by atoms with Crippen LogP contribution in [-0.2, 0) is 21.4 Å². The zero-order valence-electron chi connectivity index (χ0n) is 24.4. The lowest BCUT2D eigenvalue weighted by Gasteiger charge is -2.20. The molecule has 0 spiro atoms. The standard InChI is InChI=1S/C32H32F4N2O6S/c1-19(2)30-32(45(43,44)38(36)25-13-11-24(35)12-14-25)29(20-3-7-22(33)8-4-20)31(21-5-9-23(34)10-6-21)37(30)16-15-26(39)17-27(40)18-28(41)42/h3-14,19,26-27,39-40H,15-18H2,1-2H3,(H,41,42)/t26-,27-/m1/s1. The highest BCUT2D eigenvalue weighted by Gasteiger charge is 2.38. The monoisotopic (exact) mass is 648 g/mol. The Morgan fingerprint density at radius 3 is 1.80 bits per heavy atom. The number of anilines is 1. The van der Waals surface area contributed by atoms with Crippen molar-refractivity contribution in [1.29, 1.82) is 0 Å². The van der Waals surface area contributed by atoms with Crippen LogP contribution in [-0.4, -0.2) is 46.5 Å². The highest BCUT2D eigenvalue weighted by molar-refractivity contribution is 7.92. The first-order valence-corrected chi connectivity index (χ1v) is 15.5. The second-order valence-corrected chi connectivity index (χ2v) is 12.6. The normalized spacial score (nSPS) is 13.2. The maximum atomic E-state index is 16.0. The molecule has 0 radical (unpaired) electrons. The van der Waals surface area contributed by atoms with Crippen LogP contribution in [0.15, 0.2) is 77.7 Å². The van der Waals surface area contributed by atoms with Crippen LogP contribution in [0.2, 0.25) is 0 Å². The predicted octanol–water partition coefficient (Wildman–Crippen LogP) is 6.42. The van der Waals surface area contributed by atoms with Crippen molar-refractivity contribution in [3.8, 4) is 22.4 Å². The number of aliphatic carboxylic acids is 1. The summed E-state index contributed by atoms with van der Waals surface area (Å²) >= 11 is 0. The van der Waals surface area contributed by atoms with Crippen molar-refractivity contribution in [2.75, 3.05) is 4.53 Å². The average Bonchev–Trinajstić information content (AvgIpc) is 3.32. The Morgan fingerprint density at radius 1 is 0.822 bits per heavy atom. The molecule has 0 aliphatic rings. The summed E-state index contributed by atoms with van der Waals surface area (Å²) in [6, 6.07) is 13.7. The number of carboxylic acid groups (broad SMARTS) is 1. The fraction of sp³-hybridized carbons (Fsp3) is 0.281. The first-order valence-electron chi connectivity index (χ1n) is 14.0. The quantitative estimate of drug-likeness (QED) is 0.114. The third kappa shape index (κ3) is 7.55. The number of aromatic nitrogens is 1. The molecular formula is C32H32F4N2O6S. The molecule has 13 heteroatoms. The number of benzene rings is 3. The van der Waals surface area contributed by atoms with Crippen LogP contribution >= 0.6 is 0 Å². The van der Waals surface area contributed by atoms with Gasteiger partial charge >= 0.3 is 5.97 Å². The zero-order chi connectivity index (χ0) is 33.1. The van der Waals surface area contributed by atoms with Gasteiger partial charge in [-0.3, -0.25) is 4.79 Å². The van der Waals surface area contributed by atoms with Crippen LogP contribution in [0, 0.1) is 17.5 Å². The van der Waals surface area contributed by atoms with Crippen LogP contribution in [0.3, 0.4) is 0 Å². The number of nitrogens with zero attached hydrogens (tertiary/aromatic N) is 2. The fourth-order valence-corrected chi connectivity index (χ4v) is 6.89. The molecule has 3 aromatic carbocycles. The largest absolute Gasteiger partial charge is 0.481 e. The molecule has 1 aromatic heterocycles. The van der Waals surface area contributed by atoms with Gasteiger partial charge in [0, 0.05) is 17.8 Å². The van der Waals surface area contributed by atoms with Gasteiger partial charge in [0.25, 0.3) is 10.0 Å². The molecule has 3 N–H and O–H groups in total. The number of aliphatic hydroxyl groups is 2. The van der Waals surface area contributed by atoms with Gasteiger partial charge in [-0.25, -0.2) is 13.2 Å². The van der Waals surface area contributed by atoms with Crippen molar-refractivity contribution in [3.63, 3.8) is 0 Å². The molecule has 4 aromatic rings. The van der Waals surface area contributed by atoms with Gasteiger partial charge in [-0.05, 0) is 90.6 Å². The molecular weight excluding hydrogens is 616 g/mol. The molecule has 1 heterocycles. The maximum absolute atomic E-state index is 16.0. The van der Waals surface area contributed by atoms with Crippen LogP contribution in [0.1, 0.15) is 44.7 Å². The summed E-state index contributed by atoms with van der Waals surface area (Å²) in [7, 11) is -5.07. The second-order valence-electron chi connectivity index (χ2n) is 10.9. The summed E-state index contributed by atoms with van der Waals surface area (Å²) < 4.78 is 87.2. The average molecular weight is 649 g/mol. The van der Waals surface area contributed by atoms with Gasteiger partial charge in [-0.15, -0.1) is 0 Å². The Morgan fingerprint density at radius 2 is 1.31 bits per heavy atom. The van der Waals surface area contributed by atoms with Crippen LogP contribution in [0.25, 0.3) is 22.4 Å². The number of carbonyl (C=O) groups is 1.